The molecule has 2 aliphatic heterocycles. The number of nitrogens with zero attached hydrogens (tertiary/aromatic N) is 3. The van der Waals surface area contributed by atoms with Gasteiger partial charge in [0.25, 0.3) is 5.92 Å². The first kappa shape index (κ1) is 23.8. The van der Waals surface area contributed by atoms with Crippen LogP contribution in [0.25, 0.3) is 22.1 Å². The topological polar surface area (TPSA) is 95.8 Å². The zero-order valence-electron chi connectivity index (χ0n) is 17.5. The summed E-state index contributed by atoms with van der Waals surface area (Å²) in [5.74, 6) is -7.64. The van der Waals surface area contributed by atoms with Gasteiger partial charge >= 0.3 is 6.03 Å². The molecule has 2 fully saturated rings. The SMILES string of the molecule is CS(=O)(=O)N[C@@H]1CN2C(=O)N(c3noc4cc(Cl)c(F)c(-c5c(F)cccc5F)c34)C[C@@H]2C1(F)F. The van der Waals surface area contributed by atoms with Crippen molar-refractivity contribution < 1.29 is 39.7 Å². The Morgan fingerprint density at radius 2 is 1.83 bits per heavy atom. The minimum Gasteiger partial charge on any atom is -0.354 e. The largest absolute Gasteiger partial charge is 0.354 e. The smallest absolute Gasteiger partial charge is 0.326 e. The Balaban J connectivity index is 1.63. The van der Waals surface area contributed by atoms with Crippen molar-refractivity contribution in [3.8, 4) is 11.1 Å². The lowest BCUT2D eigenvalue weighted by molar-refractivity contribution is -0.0324. The lowest BCUT2D eigenvalue weighted by Crippen LogP contribution is -2.50. The van der Waals surface area contributed by atoms with Crippen molar-refractivity contribution >= 4 is 44.4 Å². The number of alkyl halides is 2. The fraction of sp³-hybridized carbons (Fsp3) is 0.300. The molecule has 2 amide bonds. The third kappa shape index (κ3) is 3.62. The van der Waals surface area contributed by atoms with Crippen LogP contribution in [0, 0.1) is 17.5 Å². The van der Waals surface area contributed by atoms with Gasteiger partial charge in [0.1, 0.15) is 23.7 Å². The minimum atomic E-state index is -4.00. The number of anilines is 1. The van der Waals surface area contributed by atoms with Crippen LogP contribution in [0.15, 0.2) is 28.8 Å². The summed E-state index contributed by atoms with van der Waals surface area (Å²) in [5.41, 5.74) is -1.74. The van der Waals surface area contributed by atoms with E-state index in [9.17, 15) is 30.8 Å². The van der Waals surface area contributed by atoms with Crippen LogP contribution in [-0.2, 0) is 10.0 Å². The highest BCUT2D eigenvalue weighted by Gasteiger charge is 2.63. The first-order valence-corrected chi connectivity index (χ1v) is 12.2. The molecule has 15 heteroatoms. The van der Waals surface area contributed by atoms with Crippen molar-refractivity contribution in [1.82, 2.24) is 14.8 Å². The van der Waals surface area contributed by atoms with E-state index in [4.69, 9.17) is 16.1 Å². The summed E-state index contributed by atoms with van der Waals surface area (Å²) < 4.78 is 104. The maximum Gasteiger partial charge on any atom is 0.326 e. The maximum atomic E-state index is 15.1. The van der Waals surface area contributed by atoms with Crippen LogP contribution < -0.4 is 9.62 Å². The summed E-state index contributed by atoms with van der Waals surface area (Å²) in [6, 6.07) is -0.821. The van der Waals surface area contributed by atoms with Gasteiger partial charge < -0.3 is 9.42 Å². The van der Waals surface area contributed by atoms with Crippen LogP contribution in [0.1, 0.15) is 0 Å². The van der Waals surface area contributed by atoms with Gasteiger partial charge in [0.15, 0.2) is 17.2 Å². The van der Waals surface area contributed by atoms with E-state index in [-0.39, 0.29) is 11.0 Å². The van der Waals surface area contributed by atoms with E-state index in [0.29, 0.717) is 6.26 Å². The van der Waals surface area contributed by atoms with Gasteiger partial charge in [0.05, 0.1) is 28.8 Å². The second kappa shape index (κ2) is 7.77. The van der Waals surface area contributed by atoms with E-state index >= 15 is 4.39 Å². The number of urea groups is 1. The molecule has 1 aromatic heterocycles. The van der Waals surface area contributed by atoms with Crippen molar-refractivity contribution in [2.45, 2.75) is 18.0 Å². The van der Waals surface area contributed by atoms with Gasteiger partial charge in [-0.1, -0.05) is 22.8 Å². The highest BCUT2D eigenvalue weighted by molar-refractivity contribution is 7.88. The molecule has 186 valence electrons. The van der Waals surface area contributed by atoms with E-state index in [2.05, 4.69) is 5.16 Å². The molecule has 8 nitrogen and oxygen atoms in total. The summed E-state index contributed by atoms with van der Waals surface area (Å²) in [5, 5.41) is 2.79. The molecule has 0 spiro atoms. The Hall–Kier alpha value is -2.97. The first-order chi connectivity index (χ1) is 16.3. The molecule has 35 heavy (non-hydrogen) atoms. The predicted molar refractivity (Wildman–Crippen MR) is 114 cm³/mol. The number of amides is 2. The fourth-order valence-corrected chi connectivity index (χ4v) is 5.41. The third-order valence-corrected chi connectivity index (χ3v) is 6.95. The average Bonchev–Trinajstić information content (AvgIpc) is 3.37. The molecule has 2 saturated heterocycles. The molecule has 0 aliphatic carbocycles. The number of halogens is 6. The van der Waals surface area contributed by atoms with Crippen LogP contribution >= 0.6 is 11.6 Å². The highest BCUT2D eigenvalue weighted by atomic mass is 35.5. The third-order valence-electron chi connectivity index (χ3n) is 5.96. The molecule has 2 aliphatic rings. The van der Waals surface area contributed by atoms with Crippen LogP contribution in [0.3, 0.4) is 0 Å². The van der Waals surface area contributed by atoms with Crippen molar-refractivity contribution in [3.63, 3.8) is 0 Å². The van der Waals surface area contributed by atoms with Gasteiger partial charge in [0, 0.05) is 18.2 Å². The van der Waals surface area contributed by atoms with E-state index in [1.54, 1.807) is 0 Å². The molecule has 2 aromatic carbocycles. The monoisotopic (exact) mass is 536 g/mol. The molecule has 3 heterocycles. The molecule has 0 bridgehead atoms. The number of carbonyl (C=O) groups is 1. The lowest BCUT2D eigenvalue weighted by Gasteiger charge is -2.23. The second-order valence-corrected chi connectivity index (χ2v) is 10.4. The number of hydrogen-bond donors (Lipinski definition) is 1. The summed E-state index contributed by atoms with van der Waals surface area (Å²) in [7, 11) is -4.00. The molecular formula is C20H14ClF5N4O4S. The van der Waals surface area contributed by atoms with E-state index in [0.717, 1.165) is 34.1 Å². The van der Waals surface area contributed by atoms with Crippen LogP contribution in [-0.4, -0.2) is 61.9 Å². The Morgan fingerprint density at radius 1 is 1.17 bits per heavy atom. The normalized spacial score (nSPS) is 21.9. The Morgan fingerprint density at radius 3 is 2.43 bits per heavy atom. The number of rotatable bonds is 4. The molecule has 0 saturated carbocycles. The fourth-order valence-electron chi connectivity index (χ4n) is 4.47. The van der Waals surface area contributed by atoms with Crippen LogP contribution in [0.2, 0.25) is 5.02 Å². The summed E-state index contributed by atoms with van der Waals surface area (Å²) >= 11 is 5.88. The van der Waals surface area contributed by atoms with Crippen LogP contribution in [0.5, 0.6) is 0 Å². The highest BCUT2D eigenvalue weighted by Crippen LogP contribution is 2.45. The first-order valence-electron chi connectivity index (χ1n) is 9.96. The van der Waals surface area contributed by atoms with E-state index < -0.39 is 86.6 Å². The summed E-state index contributed by atoms with van der Waals surface area (Å²) in [4.78, 5) is 14.6. The standard InChI is InChI=1S/C20H14ClF5N4O4S/c1-35(32,33)28-12-6-29-13(20(12,25)26)7-30(19(29)31)18-15-11(34-27-18)5-8(21)17(24)16(15)14-9(22)3-2-4-10(14)23/h2-5,12-13,28H,6-7H2,1H3/t12-,13-/m1/s1. The number of hydrogen-bond acceptors (Lipinski definition) is 5. The average molecular weight is 537 g/mol. The number of benzene rings is 2. The zero-order valence-corrected chi connectivity index (χ0v) is 19.1. The van der Waals surface area contributed by atoms with Gasteiger partial charge in [-0.2, -0.15) is 0 Å². The molecule has 0 radical (unpaired) electrons. The minimum absolute atomic E-state index is 0.243. The van der Waals surface area contributed by atoms with Crippen molar-refractivity contribution in [2.24, 2.45) is 0 Å². The quantitative estimate of drug-likeness (QED) is 0.513. The Labute approximate surface area is 199 Å². The van der Waals surface area contributed by atoms with Gasteiger partial charge in [-0.05, 0) is 12.1 Å². The molecule has 3 aromatic rings. The number of sulfonamides is 1. The molecular weight excluding hydrogens is 523 g/mol. The molecule has 5 rings (SSSR count). The molecule has 0 unspecified atom stereocenters. The second-order valence-electron chi connectivity index (χ2n) is 8.20. The van der Waals surface area contributed by atoms with E-state index in [1.165, 1.54) is 0 Å². The number of fused-ring (bicyclic) bond motifs is 2. The Bertz CT molecular complexity index is 1480. The summed E-state index contributed by atoms with van der Waals surface area (Å²) in [6.45, 7) is -1.33. The zero-order chi connectivity index (χ0) is 25.4. The van der Waals surface area contributed by atoms with Crippen LogP contribution in [0.4, 0.5) is 32.6 Å². The number of nitrogens with one attached hydrogen (secondary N) is 1. The molecule has 1 N–H and O–H groups in total. The Kier molecular flexibility index (Phi) is 5.27. The predicted octanol–water partition coefficient (Wildman–Crippen LogP) is 3.74. The van der Waals surface area contributed by atoms with Gasteiger partial charge in [0.2, 0.25) is 10.0 Å². The number of carbonyl (C=O) groups excluding carboxylic acids is 1. The molecule has 2 atom stereocenters. The van der Waals surface area contributed by atoms with Crippen molar-refractivity contribution in [1.29, 1.82) is 0 Å². The van der Waals surface area contributed by atoms with E-state index in [1.807, 2.05) is 4.72 Å². The van der Waals surface area contributed by atoms with Crippen molar-refractivity contribution in [2.75, 3.05) is 24.2 Å². The van der Waals surface area contributed by atoms with Gasteiger partial charge in [-0.15, -0.1) is 0 Å². The number of aromatic nitrogens is 1. The van der Waals surface area contributed by atoms with Gasteiger partial charge in [-0.3, -0.25) is 4.90 Å². The maximum absolute atomic E-state index is 15.1. The summed E-state index contributed by atoms with van der Waals surface area (Å²) in [6.07, 6.45) is 0.714. The lowest BCUT2D eigenvalue weighted by atomic mass is 9.99. The van der Waals surface area contributed by atoms with Crippen molar-refractivity contribution in [3.05, 3.63) is 46.7 Å². The van der Waals surface area contributed by atoms with Gasteiger partial charge in [-0.25, -0.2) is 39.9 Å².